The number of aromatic nitrogens is 2. The smallest absolute Gasteiger partial charge is 0.161 e. The molecule has 6 nitrogen and oxygen atoms in total. The Bertz CT molecular complexity index is 495. The van der Waals surface area contributed by atoms with Crippen molar-refractivity contribution in [2.75, 3.05) is 31.2 Å². The van der Waals surface area contributed by atoms with Crippen molar-refractivity contribution in [2.45, 2.75) is 20.0 Å². The first-order chi connectivity index (χ1) is 9.04. The van der Waals surface area contributed by atoms with E-state index in [9.17, 15) is 5.11 Å². The summed E-state index contributed by atoms with van der Waals surface area (Å²) in [5, 5.41) is 17.6. The molecule has 19 heavy (non-hydrogen) atoms. The van der Waals surface area contributed by atoms with Gasteiger partial charge in [-0.15, -0.1) is 5.10 Å². The van der Waals surface area contributed by atoms with Crippen LogP contribution < -0.4 is 10.6 Å². The first-order valence-electron chi connectivity index (χ1n) is 6.15. The Labute approximate surface area is 117 Å². The number of morpholine rings is 1. The quantitative estimate of drug-likeness (QED) is 0.750. The minimum atomic E-state index is -0.212. The summed E-state index contributed by atoms with van der Waals surface area (Å²) in [5.41, 5.74) is 8.35. The number of hydrogen-bond donors (Lipinski definition) is 2. The third kappa shape index (κ3) is 2.83. The van der Waals surface area contributed by atoms with Gasteiger partial charge < -0.3 is 20.5 Å². The highest BCUT2D eigenvalue weighted by Crippen LogP contribution is 2.23. The van der Waals surface area contributed by atoms with Gasteiger partial charge >= 0.3 is 0 Å². The van der Waals surface area contributed by atoms with E-state index in [4.69, 9.17) is 22.7 Å². The molecule has 1 aliphatic heterocycles. The second-order valence-corrected chi connectivity index (χ2v) is 5.03. The fourth-order valence-corrected chi connectivity index (χ4v) is 2.38. The number of aliphatic hydroxyl groups is 1. The SMILES string of the molecule is Cc1nnc(N2CCOC(CO)C2)c(C(N)=S)c1C. The Balaban J connectivity index is 2.39. The van der Waals surface area contributed by atoms with Crippen LogP contribution in [-0.4, -0.2) is 52.7 Å². The number of aryl methyl sites for hydroxylation is 1. The van der Waals surface area contributed by atoms with Crippen molar-refractivity contribution >= 4 is 23.0 Å². The highest BCUT2D eigenvalue weighted by molar-refractivity contribution is 7.80. The van der Waals surface area contributed by atoms with Crippen molar-refractivity contribution in [3.8, 4) is 0 Å². The maximum Gasteiger partial charge on any atom is 0.161 e. The van der Waals surface area contributed by atoms with Crippen LogP contribution in [0, 0.1) is 13.8 Å². The average Bonchev–Trinajstić information content (AvgIpc) is 2.41. The Hall–Kier alpha value is -1.31. The molecule has 0 bridgehead atoms. The Morgan fingerprint density at radius 3 is 2.89 bits per heavy atom. The summed E-state index contributed by atoms with van der Waals surface area (Å²) in [7, 11) is 0. The number of nitrogens with two attached hydrogens (primary N) is 1. The van der Waals surface area contributed by atoms with Crippen molar-refractivity contribution in [2.24, 2.45) is 5.73 Å². The summed E-state index contributed by atoms with van der Waals surface area (Å²) in [5.74, 6) is 0.678. The van der Waals surface area contributed by atoms with Crippen molar-refractivity contribution in [3.05, 3.63) is 16.8 Å². The number of rotatable bonds is 3. The van der Waals surface area contributed by atoms with Crippen LogP contribution >= 0.6 is 12.2 Å². The van der Waals surface area contributed by atoms with Crippen LogP contribution in [0.5, 0.6) is 0 Å². The van der Waals surface area contributed by atoms with Crippen LogP contribution in [0.2, 0.25) is 0 Å². The van der Waals surface area contributed by atoms with E-state index < -0.39 is 0 Å². The molecule has 0 amide bonds. The first kappa shape index (κ1) is 14.1. The lowest BCUT2D eigenvalue weighted by molar-refractivity contribution is 0.00331. The van der Waals surface area contributed by atoms with E-state index in [1.54, 1.807) is 0 Å². The van der Waals surface area contributed by atoms with Gasteiger partial charge in [-0.25, -0.2) is 0 Å². The molecule has 7 heteroatoms. The van der Waals surface area contributed by atoms with Crippen molar-refractivity contribution < 1.29 is 9.84 Å². The molecule has 0 radical (unpaired) electrons. The second kappa shape index (κ2) is 5.77. The maximum atomic E-state index is 9.19. The van der Waals surface area contributed by atoms with Gasteiger partial charge in [0.05, 0.1) is 30.6 Å². The second-order valence-electron chi connectivity index (χ2n) is 4.59. The molecular weight excluding hydrogens is 264 g/mol. The molecule has 1 unspecified atom stereocenters. The van der Waals surface area contributed by atoms with E-state index >= 15 is 0 Å². The lowest BCUT2D eigenvalue weighted by atomic mass is 10.1. The van der Waals surface area contributed by atoms with Gasteiger partial charge in [0.1, 0.15) is 4.99 Å². The van der Waals surface area contributed by atoms with Crippen LogP contribution in [0.3, 0.4) is 0 Å². The molecule has 104 valence electrons. The molecule has 2 rings (SSSR count). The summed E-state index contributed by atoms with van der Waals surface area (Å²) in [6.45, 7) is 5.58. The van der Waals surface area contributed by atoms with E-state index in [0.717, 1.165) is 16.8 Å². The number of aliphatic hydroxyl groups excluding tert-OH is 1. The topological polar surface area (TPSA) is 84.5 Å². The van der Waals surface area contributed by atoms with Crippen LogP contribution in [0.4, 0.5) is 5.82 Å². The monoisotopic (exact) mass is 282 g/mol. The van der Waals surface area contributed by atoms with Crippen LogP contribution in [0.1, 0.15) is 16.8 Å². The van der Waals surface area contributed by atoms with Crippen LogP contribution in [0.25, 0.3) is 0 Å². The van der Waals surface area contributed by atoms with Gasteiger partial charge in [-0.1, -0.05) is 12.2 Å². The van der Waals surface area contributed by atoms with Crippen LogP contribution in [0.15, 0.2) is 0 Å². The Kier molecular flexibility index (Phi) is 4.28. The molecule has 1 fully saturated rings. The predicted molar refractivity (Wildman–Crippen MR) is 76.4 cm³/mol. The molecule has 1 aromatic rings. The zero-order valence-electron chi connectivity index (χ0n) is 11.1. The minimum absolute atomic E-state index is 0.0167. The maximum absolute atomic E-state index is 9.19. The number of ether oxygens (including phenoxy) is 1. The van der Waals surface area contributed by atoms with E-state index in [1.807, 2.05) is 18.7 Å². The average molecular weight is 282 g/mol. The van der Waals surface area contributed by atoms with Crippen molar-refractivity contribution in [1.82, 2.24) is 10.2 Å². The highest BCUT2D eigenvalue weighted by atomic mass is 32.1. The van der Waals surface area contributed by atoms with E-state index in [1.165, 1.54) is 0 Å². The van der Waals surface area contributed by atoms with Gasteiger partial charge in [-0.2, -0.15) is 5.10 Å². The standard InChI is InChI=1S/C12H18N4O2S/c1-7-8(2)14-15-12(10(7)11(13)19)16-3-4-18-9(5-16)6-17/h9,17H,3-6H2,1-2H3,(H2,13,19). The van der Waals surface area contributed by atoms with Gasteiger partial charge in [0, 0.05) is 13.1 Å². The zero-order chi connectivity index (χ0) is 14.0. The summed E-state index contributed by atoms with van der Waals surface area (Å²) in [6, 6.07) is 0. The lowest BCUT2D eigenvalue weighted by Gasteiger charge is -2.33. The number of anilines is 1. The fraction of sp³-hybridized carbons (Fsp3) is 0.583. The van der Waals surface area contributed by atoms with Gasteiger partial charge in [0.2, 0.25) is 0 Å². The van der Waals surface area contributed by atoms with Gasteiger partial charge in [-0.3, -0.25) is 0 Å². The Morgan fingerprint density at radius 2 is 2.26 bits per heavy atom. The molecule has 0 saturated carbocycles. The van der Waals surface area contributed by atoms with Crippen molar-refractivity contribution in [1.29, 1.82) is 0 Å². The molecule has 1 saturated heterocycles. The molecule has 0 aromatic carbocycles. The van der Waals surface area contributed by atoms with Gasteiger partial charge in [0.25, 0.3) is 0 Å². The van der Waals surface area contributed by atoms with Gasteiger partial charge in [-0.05, 0) is 19.4 Å². The predicted octanol–water partition coefficient (Wildman–Crippen LogP) is -0.0749. The molecule has 1 atom stereocenters. The van der Waals surface area contributed by atoms with Crippen LogP contribution in [-0.2, 0) is 4.74 Å². The minimum Gasteiger partial charge on any atom is -0.394 e. The fourth-order valence-electron chi connectivity index (χ4n) is 2.13. The normalized spacial score (nSPS) is 19.5. The highest BCUT2D eigenvalue weighted by Gasteiger charge is 2.25. The molecule has 0 spiro atoms. The zero-order valence-corrected chi connectivity index (χ0v) is 11.9. The number of nitrogens with zero attached hydrogens (tertiary/aromatic N) is 3. The summed E-state index contributed by atoms with van der Waals surface area (Å²) >= 11 is 5.13. The Morgan fingerprint density at radius 1 is 1.53 bits per heavy atom. The lowest BCUT2D eigenvalue weighted by Crippen LogP contribution is -2.45. The molecule has 1 aromatic heterocycles. The van der Waals surface area contributed by atoms with Gasteiger partial charge in [0.15, 0.2) is 5.82 Å². The molecule has 2 heterocycles. The first-order valence-corrected chi connectivity index (χ1v) is 6.56. The molecule has 1 aliphatic rings. The van der Waals surface area contributed by atoms with E-state index in [-0.39, 0.29) is 12.7 Å². The molecular formula is C12H18N4O2S. The summed E-state index contributed by atoms with van der Waals surface area (Å²) in [4.78, 5) is 2.33. The molecule has 3 N–H and O–H groups in total. The van der Waals surface area contributed by atoms with E-state index in [2.05, 4.69) is 10.2 Å². The molecule has 0 aliphatic carbocycles. The third-order valence-electron chi connectivity index (χ3n) is 3.32. The largest absolute Gasteiger partial charge is 0.394 e. The van der Waals surface area contributed by atoms with Crippen molar-refractivity contribution in [3.63, 3.8) is 0 Å². The number of hydrogen-bond acceptors (Lipinski definition) is 6. The summed E-state index contributed by atoms with van der Waals surface area (Å²) < 4.78 is 5.43. The number of thiocarbonyl (C=S) groups is 1. The summed E-state index contributed by atoms with van der Waals surface area (Å²) in [6.07, 6.45) is -0.212. The third-order valence-corrected chi connectivity index (χ3v) is 3.53. The van der Waals surface area contributed by atoms with E-state index in [0.29, 0.717) is 30.5 Å².